The molecular formula is C19H14N2OS. The molecule has 0 spiro atoms. The molecule has 0 saturated carbocycles. The van der Waals surface area contributed by atoms with E-state index in [9.17, 15) is 5.11 Å². The highest BCUT2D eigenvalue weighted by atomic mass is 32.1. The van der Waals surface area contributed by atoms with Crippen LogP contribution in [0.4, 0.5) is 0 Å². The molecule has 0 radical (unpaired) electrons. The molecule has 0 atom stereocenters. The third kappa shape index (κ3) is 2.69. The number of benzene rings is 3. The number of phenolic OH excluding ortho intramolecular Hbond substituents is 1. The summed E-state index contributed by atoms with van der Waals surface area (Å²) in [6.45, 7) is 2.10. The van der Waals surface area contributed by atoms with Crippen LogP contribution >= 0.6 is 11.3 Å². The van der Waals surface area contributed by atoms with E-state index in [1.165, 1.54) is 16.3 Å². The summed E-state index contributed by atoms with van der Waals surface area (Å²) < 4.78 is 0. The van der Waals surface area contributed by atoms with Gasteiger partial charge in [-0.2, -0.15) is 0 Å². The first kappa shape index (κ1) is 13.9. The van der Waals surface area contributed by atoms with Crippen molar-refractivity contribution in [2.75, 3.05) is 0 Å². The lowest BCUT2D eigenvalue weighted by molar-refractivity contribution is 0.475. The van der Waals surface area contributed by atoms with Gasteiger partial charge in [0.25, 0.3) is 0 Å². The molecule has 0 saturated heterocycles. The van der Waals surface area contributed by atoms with Crippen LogP contribution in [0.5, 0.6) is 5.75 Å². The molecule has 1 N–H and O–H groups in total. The van der Waals surface area contributed by atoms with Gasteiger partial charge in [-0.15, -0.1) is 10.2 Å². The van der Waals surface area contributed by atoms with Crippen molar-refractivity contribution in [1.29, 1.82) is 0 Å². The van der Waals surface area contributed by atoms with Gasteiger partial charge in [0, 0.05) is 11.1 Å². The average Bonchev–Trinajstić information content (AvgIpc) is 3.05. The maximum Gasteiger partial charge on any atom is 0.148 e. The lowest BCUT2D eigenvalue weighted by Gasteiger charge is -2.01. The molecule has 3 aromatic carbocycles. The number of nitrogens with zero attached hydrogens (tertiary/aromatic N) is 2. The third-order valence-corrected chi connectivity index (χ3v) is 4.80. The van der Waals surface area contributed by atoms with Crippen LogP contribution in [0.15, 0.2) is 60.7 Å². The summed E-state index contributed by atoms with van der Waals surface area (Å²) in [5.41, 5.74) is 3.29. The summed E-state index contributed by atoms with van der Waals surface area (Å²) in [6, 6.07) is 19.8. The molecule has 4 heteroatoms. The highest BCUT2D eigenvalue weighted by Crippen LogP contribution is 2.32. The van der Waals surface area contributed by atoms with Crippen molar-refractivity contribution in [3.8, 4) is 26.9 Å². The predicted molar refractivity (Wildman–Crippen MR) is 94.7 cm³/mol. The Morgan fingerprint density at radius 3 is 2.13 bits per heavy atom. The van der Waals surface area contributed by atoms with Crippen molar-refractivity contribution in [3.63, 3.8) is 0 Å². The molecule has 1 heterocycles. The van der Waals surface area contributed by atoms with Crippen LogP contribution in [-0.4, -0.2) is 15.3 Å². The zero-order valence-corrected chi connectivity index (χ0v) is 13.3. The van der Waals surface area contributed by atoms with E-state index in [1.807, 2.05) is 12.1 Å². The van der Waals surface area contributed by atoms with Gasteiger partial charge in [-0.1, -0.05) is 47.2 Å². The van der Waals surface area contributed by atoms with Crippen LogP contribution < -0.4 is 0 Å². The minimum Gasteiger partial charge on any atom is -0.508 e. The van der Waals surface area contributed by atoms with E-state index in [2.05, 4.69) is 53.5 Å². The van der Waals surface area contributed by atoms with Gasteiger partial charge >= 0.3 is 0 Å². The van der Waals surface area contributed by atoms with Crippen LogP contribution in [0.25, 0.3) is 31.9 Å². The van der Waals surface area contributed by atoms with Gasteiger partial charge in [0.05, 0.1) is 0 Å². The van der Waals surface area contributed by atoms with Gasteiger partial charge in [0.2, 0.25) is 0 Å². The van der Waals surface area contributed by atoms with E-state index < -0.39 is 0 Å². The summed E-state index contributed by atoms with van der Waals surface area (Å²) in [5, 5.41) is 22.1. The molecule has 0 aliphatic rings. The first-order valence-electron chi connectivity index (χ1n) is 7.33. The van der Waals surface area contributed by atoms with Gasteiger partial charge in [-0.3, -0.25) is 0 Å². The smallest absolute Gasteiger partial charge is 0.148 e. The number of aromatic nitrogens is 2. The summed E-state index contributed by atoms with van der Waals surface area (Å²) >= 11 is 1.55. The number of fused-ring (bicyclic) bond motifs is 1. The van der Waals surface area contributed by atoms with E-state index in [1.54, 1.807) is 23.5 Å². The SMILES string of the molecule is Cc1ccc2cc(-c3nnc(-c4ccc(O)cc4)s3)ccc2c1. The van der Waals surface area contributed by atoms with Crippen molar-refractivity contribution < 1.29 is 5.11 Å². The minimum absolute atomic E-state index is 0.253. The van der Waals surface area contributed by atoms with Crippen LogP contribution in [0, 0.1) is 6.92 Å². The van der Waals surface area contributed by atoms with E-state index in [4.69, 9.17) is 0 Å². The highest BCUT2D eigenvalue weighted by molar-refractivity contribution is 7.17. The Hall–Kier alpha value is -2.72. The quantitative estimate of drug-likeness (QED) is 0.563. The van der Waals surface area contributed by atoms with Gasteiger partial charge in [0.15, 0.2) is 0 Å². The van der Waals surface area contributed by atoms with Gasteiger partial charge in [-0.25, -0.2) is 0 Å². The molecule has 3 nitrogen and oxygen atoms in total. The predicted octanol–water partition coefficient (Wildman–Crippen LogP) is 5.04. The Kier molecular flexibility index (Phi) is 3.32. The Labute approximate surface area is 137 Å². The number of hydrogen-bond acceptors (Lipinski definition) is 4. The number of aryl methyl sites for hydroxylation is 1. The number of rotatable bonds is 2. The van der Waals surface area contributed by atoms with Gasteiger partial charge < -0.3 is 5.11 Å². The van der Waals surface area contributed by atoms with Crippen molar-refractivity contribution in [2.45, 2.75) is 6.92 Å². The topological polar surface area (TPSA) is 46.0 Å². The molecule has 1 aromatic heterocycles. The molecule has 23 heavy (non-hydrogen) atoms. The second-order valence-electron chi connectivity index (χ2n) is 5.52. The molecule has 112 valence electrons. The zero-order valence-electron chi connectivity index (χ0n) is 12.5. The maximum atomic E-state index is 9.37. The number of aromatic hydroxyl groups is 1. The second kappa shape index (κ2) is 5.48. The van der Waals surface area contributed by atoms with Crippen LogP contribution in [-0.2, 0) is 0 Å². The van der Waals surface area contributed by atoms with Crippen LogP contribution in [0.3, 0.4) is 0 Å². The minimum atomic E-state index is 0.253. The molecule has 0 aliphatic heterocycles. The molecular weight excluding hydrogens is 304 g/mol. The molecule has 0 aliphatic carbocycles. The Morgan fingerprint density at radius 1 is 0.739 bits per heavy atom. The van der Waals surface area contributed by atoms with Crippen LogP contribution in [0.2, 0.25) is 0 Å². The fraction of sp³-hybridized carbons (Fsp3) is 0.0526. The van der Waals surface area contributed by atoms with Crippen LogP contribution in [0.1, 0.15) is 5.56 Å². The largest absolute Gasteiger partial charge is 0.508 e. The fourth-order valence-corrected chi connectivity index (χ4v) is 3.40. The molecule has 4 rings (SSSR count). The van der Waals surface area contributed by atoms with Gasteiger partial charge in [0.1, 0.15) is 15.8 Å². The Bertz CT molecular complexity index is 990. The van der Waals surface area contributed by atoms with E-state index in [-0.39, 0.29) is 5.75 Å². The summed E-state index contributed by atoms with van der Waals surface area (Å²) in [7, 11) is 0. The highest BCUT2D eigenvalue weighted by Gasteiger charge is 2.09. The molecule has 0 bridgehead atoms. The van der Waals surface area contributed by atoms with E-state index >= 15 is 0 Å². The lowest BCUT2D eigenvalue weighted by Crippen LogP contribution is -1.80. The van der Waals surface area contributed by atoms with Crippen molar-refractivity contribution in [3.05, 3.63) is 66.2 Å². The molecule has 0 unspecified atom stereocenters. The summed E-state index contributed by atoms with van der Waals surface area (Å²) in [4.78, 5) is 0. The zero-order chi connectivity index (χ0) is 15.8. The number of hydrogen-bond donors (Lipinski definition) is 1. The normalized spacial score (nSPS) is 11.0. The molecule has 0 fully saturated rings. The van der Waals surface area contributed by atoms with E-state index in [0.717, 1.165) is 21.1 Å². The van der Waals surface area contributed by atoms with E-state index in [0.29, 0.717) is 0 Å². The Morgan fingerprint density at radius 2 is 1.35 bits per heavy atom. The monoisotopic (exact) mass is 318 g/mol. The fourth-order valence-electron chi connectivity index (χ4n) is 2.56. The van der Waals surface area contributed by atoms with Crippen molar-refractivity contribution >= 4 is 22.1 Å². The molecule has 0 amide bonds. The first-order valence-corrected chi connectivity index (χ1v) is 8.14. The second-order valence-corrected chi connectivity index (χ2v) is 6.50. The van der Waals surface area contributed by atoms with Crippen molar-refractivity contribution in [1.82, 2.24) is 10.2 Å². The van der Waals surface area contributed by atoms with Crippen molar-refractivity contribution in [2.24, 2.45) is 0 Å². The maximum absolute atomic E-state index is 9.37. The Balaban J connectivity index is 1.73. The average molecular weight is 318 g/mol. The summed E-state index contributed by atoms with van der Waals surface area (Å²) in [5.74, 6) is 0.253. The first-order chi connectivity index (χ1) is 11.2. The third-order valence-electron chi connectivity index (χ3n) is 3.78. The molecule has 4 aromatic rings. The standard InChI is InChI=1S/C19H14N2OS/c1-12-2-3-15-11-16(5-4-14(15)10-12)19-21-20-18(23-19)13-6-8-17(22)9-7-13/h2-11,22H,1H3. The summed E-state index contributed by atoms with van der Waals surface area (Å²) in [6.07, 6.45) is 0. The lowest BCUT2D eigenvalue weighted by atomic mass is 10.1. The number of phenols is 1. The van der Waals surface area contributed by atoms with Gasteiger partial charge in [-0.05, 0) is 48.0 Å².